The van der Waals surface area contributed by atoms with Gasteiger partial charge in [0.15, 0.2) is 12.2 Å². The van der Waals surface area contributed by atoms with Gasteiger partial charge >= 0.3 is 39.5 Å². The lowest BCUT2D eigenvalue weighted by Crippen LogP contribution is -2.30. The molecule has 0 amide bonds. The lowest BCUT2D eigenvalue weighted by molar-refractivity contribution is -0.161. The van der Waals surface area contributed by atoms with Crippen molar-refractivity contribution >= 4 is 39.5 Å². The number of esters is 4. The number of unbranched alkanes of at least 4 members (excludes halogenated alkanes) is 56. The van der Waals surface area contributed by atoms with Gasteiger partial charge in [0.2, 0.25) is 0 Å². The average molecular weight is 1630 g/mol. The Bertz CT molecular complexity index is 2150. The van der Waals surface area contributed by atoms with Gasteiger partial charge < -0.3 is 33.8 Å². The van der Waals surface area contributed by atoms with Crippen LogP contribution in [-0.2, 0) is 65.4 Å². The fourth-order valence-corrected chi connectivity index (χ4v) is 16.1. The second kappa shape index (κ2) is 82.7. The molecule has 0 saturated carbocycles. The molecule has 5 unspecified atom stereocenters. The van der Waals surface area contributed by atoms with Gasteiger partial charge in [-0.25, -0.2) is 9.13 Å². The first kappa shape index (κ1) is 110. The third-order valence-corrected chi connectivity index (χ3v) is 24.9. The fourth-order valence-electron chi connectivity index (χ4n) is 14.5. The maximum atomic E-state index is 13.2. The lowest BCUT2D eigenvalue weighted by Gasteiger charge is -2.21. The Morgan fingerprint density at radius 3 is 0.634 bits per heavy atom. The Morgan fingerprint density at radius 2 is 0.429 bits per heavy atom. The highest BCUT2D eigenvalue weighted by Gasteiger charge is 2.31. The molecule has 0 spiro atoms. The van der Waals surface area contributed by atoms with E-state index in [2.05, 4.69) is 48.5 Å². The van der Waals surface area contributed by atoms with Crippen LogP contribution in [0, 0.1) is 17.8 Å². The van der Waals surface area contributed by atoms with Crippen LogP contribution >= 0.6 is 15.6 Å². The zero-order chi connectivity index (χ0) is 82.2. The summed E-state index contributed by atoms with van der Waals surface area (Å²) < 4.78 is 69.1. The highest BCUT2D eigenvalue weighted by Crippen LogP contribution is 2.45. The van der Waals surface area contributed by atoms with Crippen LogP contribution in [-0.4, -0.2) is 96.7 Å². The van der Waals surface area contributed by atoms with E-state index in [4.69, 9.17) is 37.0 Å². The molecule has 0 rings (SSSR count). The molecule has 0 aliphatic rings. The van der Waals surface area contributed by atoms with Crippen LogP contribution in [0.3, 0.4) is 0 Å². The Kier molecular flexibility index (Phi) is 81.3. The van der Waals surface area contributed by atoms with Gasteiger partial charge in [-0.05, 0) is 43.4 Å². The number of phosphoric acid groups is 2. The summed E-state index contributed by atoms with van der Waals surface area (Å²) in [5.74, 6) is 0.495. The molecule has 0 fully saturated rings. The molecule has 112 heavy (non-hydrogen) atoms. The smallest absolute Gasteiger partial charge is 0.462 e. The van der Waals surface area contributed by atoms with Crippen molar-refractivity contribution in [2.24, 2.45) is 17.8 Å². The third-order valence-electron chi connectivity index (χ3n) is 23.0. The molecular formula is C93H182O17P2. The van der Waals surface area contributed by atoms with Crippen molar-refractivity contribution in [1.82, 2.24) is 0 Å². The minimum Gasteiger partial charge on any atom is -0.462 e. The molecule has 0 bridgehead atoms. The fraction of sp³-hybridized carbons (Fsp3) is 0.957. The predicted molar refractivity (Wildman–Crippen MR) is 465 cm³/mol. The van der Waals surface area contributed by atoms with Crippen molar-refractivity contribution in [2.75, 3.05) is 39.6 Å². The first-order chi connectivity index (χ1) is 54.3. The molecule has 0 aromatic heterocycles. The van der Waals surface area contributed by atoms with Crippen LogP contribution in [0.1, 0.15) is 498 Å². The van der Waals surface area contributed by atoms with Gasteiger partial charge in [-0.15, -0.1) is 0 Å². The van der Waals surface area contributed by atoms with Crippen molar-refractivity contribution in [2.45, 2.75) is 516 Å². The van der Waals surface area contributed by atoms with Crippen molar-refractivity contribution < 1.29 is 80.2 Å². The van der Waals surface area contributed by atoms with Gasteiger partial charge in [0.25, 0.3) is 0 Å². The summed E-state index contributed by atoms with van der Waals surface area (Å²) in [6.45, 7) is 12.2. The predicted octanol–water partition coefficient (Wildman–Crippen LogP) is 28.8. The average Bonchev–Trinajstić information content (AvgIpc) is 0.900. The number of phosphoric ester groups is 2. The summed E-state index contributed by atoms with van der Waals surface area (Å²) >= 11 is 0. The van der Waals surface area contributed by atoms with Gasteiger partial charge in [0, 0.05) is 25.7 Å². The molecule has 3 N–H and O–H groups in total. The highest BCUT2D eigenvalue weighted by atomic mass is 31.2. The summed E-state index contributed by atoms with van der Waals surface area (Å²) in [5.41, 5.74) is 0. The highest BCUT2D eigenvalue weighted by molar-refractivity contribution is 7.47. The molecule has 0 aromatic rings. The van der Waals surface area contributed by atoms with E-state index in [9.17, 15) is 43.2 Å². The normalized spacial score (nSPS) is 14.5. The zero-order valence-corrected chi connectivity index (χ0v) is 75.9. The topological polar surface area (TPSA) is 237 Å². The van der Waals surface area contributed by atoms with E-state index in [0.717, 1.165) is 108 Å². The standard InChI is InChI=1S/C93H182O17P2/c1-8-12-13-14-15-16-46-53-60-67-74-90(95)103-80-88(109-93(98)77-70-63-56-49-42-36-30-29-33-39-45-52-59-66-73-86(7)11-4)82-107-111(99,100)105-78-87(94)79-106-112(101,102)108-83-89(110-92(97)76-69-62-55-48-41-35-28-24-20-18-22-26-32-38-44-51-58-65-72-85(6)10-3)81-104-91(96)75-68-61-54-47-40-34-27-23-19-17-21-25-31-37-43-50-57-64-71-84(5)9-2/h84-89,94H,8-83H2,1-7H3,(H,99,100)(H,101,102)/t84?,85?,86?,87-,88+,89+/m0/s1. The van der Waals surface area contributed by atoms with Gasteiger partial charge in [0.1, 0.15) is 19.3 Å². The number of rotatable bonds is 91. The molecule has 0 heterocycles. The number of carbonyl (C=O) groups is 4. The van der Waals surface area contributed by atoms with Crippen molar-refractivity contribution in [3.8, 4) is 0 Å². The van der Waals surface area contributed by atoms with Crippen LogP contribution in [0.15, 0.2) is 0 Å². The van der Waals surface area contributed by atoms with Crippen LogP contribution in [0.25, 0.3) is 0 Å². The second-order valence-electron chi connectivity index (χ2n) is 34.1. The Balaban J connectivity index is 5.22. The number of aliphatic hydroxyl groups excluding tert-OH is 1. The molecule has 666 valence electrons. The molecule has 0 radical (unpaired) electrons. The van der Waals surface area contributed by atoms with Gasteiger partial charge in [0.05, 0.1) is 26.4 Å². The Morgan fingerprint density at radius 1 is 0.250 bits per heavy atom. The van der Waals surface area contributed by atoms with E-state index in [0.29, 0.717) is 25.7 Å². The molecule has 17 nitrogen and oxygen atoms in total. The molecule has 8 atom stereocenters. The summed E-state index contributed by atoms with van der Waals surface area (Å²) in [7, 11) is -9.94. The lowest BCUT2D eigenvalue weighted by atomic mass is 9.99. The molecule has 0 aliphatic carbocycles. The minimum absolute atomic E-state index is 0.108. The Hall–Kier alpha value is -1.94. The largest absolute Gasteiger partial charge is 0.472 e. The van der Waals surface area contributed by atoms with Crippen molar-refractivity contribution in [3.63, 3.8) is 0 Å². The minimum atomic E-state index is -4.97. The van der Waals surface area contributed by atoms with Crippen LogP contribution < -0.4 is 0 Å². The maximum Gasteiger partial charge on any atom is 0.472 e. The van der Waals surface area contributed by atoms with E-state index >= 15 is 0 Å². The molecule has 0 saturated heterocycles. The van der Waals surface area contributed by atoms with E-state index in [-0.39, 0.29) is 25.7 Å². The quantitative estimate of drug-likeness (QED) is 0.0222. The summed E-state index contributed by atoms with van der Waals surface area (Å²) in [6.07, 6.45) is 76.3. The third kappa shape index (κ3) is 81.8. The van der Waals surface area contributed by atoms with Crippen LogP contribution in [0.4, 0.5) is 0 Å². The van der Waals surface area contributed by atoms with Crippen molar-refractivity contribution in [3.05, 3.63) is 0 Å². The number of carbonyl (C=O) groups excluding carboxylic acids is 4. The van der Waals surface area contributed by atoms with E-state index in [1.165, 1.54) is 308 Å². The number of hydrogen-bond acceptors (Lipinski definition) is 15. The van der Waals surface area contributed by atoms with Gasteiger partial charge in [-0.1, -0.05) is 447 Å². The second-order valence-corrected chi connectivity index (χ2v) is 37.0. The van der Waals surface area contributed by atoms with E-state index in [1.54, 1.807) is 0 Å². The van der Waals surface area contributed by atoms with E-state index < -0.39 is 97.5 Å². The van der Waals surface area contributed by atoms with Crippen LogP contribution in [0.5, 0.6) is 0 Å². The SMILES string of the molecule is CCCCCCCCCCCCC(=O)OC[C@H](COP(=O)(O)OC[C@H](O)COP(=O)(O)OC[C@@H](COC(=O)CCCCCCCCCCCCCCCCCCCCC(C)CC)OC(=O)CCCCCCCCCCCCCCCCCCCCC(C)CC)OC(=O)CCCCCCCCCCCCCCCCC(C)CC. The molecule has 19 heteroatoms. The summed E-state index contributed by atoms with van der Waals surface area (Å²) in [6, 6.07) is 0. The first-order valence-corrected chi connectivity index (χ1v) is 51.0. The summed E-state index contributed by atoms with van der Waals surface area (Å²) in [5, 5.41) is 10.7. The summed E-state index contributed by atoms with van der Waals surface area (Å²) in [4.78, 5) is 73.4. The Labute approximate surface area is 689 Å². The number of ether oxygens (including phenoxy) is 4. The monoisotopic (exact) mass is 1630 g/mol. The van der Waals surface area contributed by atoms with Crippen LogP contribution in [0.2, 0.25) is 0 Å². The van der Waals surface area contributed by atoms with Gasteiger partial charge in [-0.2, -0.15) is 0 Å². The maximum absolute atomic E-state index is 13.2. The molecular weight excluding hydrogens is 1450 g/mol. The number of aliphatic hydroxyl groups is 1. The first-order valence-electron chi connectivity index (χ1n) is 48.0. The van der Waals surface area contributed by atoms with Crippen molar-refractivity contribution in [1.29, 1.82) is 0 Å². The van der Waals surface area contributed by atoms with E-state index in [1.807, 2.05) is 0 Å². The number of hydrogen-bond donors (Lipinski definition) is 3. The molecule has 0 aliphatic heterocycles. The van der Waals surface area contributed by atoms with Gasteiger partial charge in [-0.3, -0.25) is 37.3 Å². The zero-order valence-electron chi connectivity index (χ0n) is 74.2. The molecule has 0 aromatic carbocycles.